The van der Waals surface area contributed by atoms with E-state index in [1.54, 1.807) is 0 Å². The van der Waals surface area contributed by atoms with Crippen LogP contribution in [-0.2, 0) is 9.59 Å². The molecule has 2 heterocycles. The first-order valence-corrected chi connectivity index (χ1v) is 12.4. The molecule has 0 saturated carbocycles. The number of carboxylic acids is 1. The van der Waals surface area contributed by atoms with Gasteiger partial charge in [0.05, 0.1) is 23.1 Å². The topological polar surface area (TPSA) is 87.8 Å². The molecule has 7 nitrogen and oxygen atoms in total. The van der Waals surface area contributed by atoms with Crippen LogP contribution >= 0.6 is 0 Å². The molecule has 0 radical (unpaired) electrons. The molecule has 0 aliphatic carbocycles. The summed E-state index contributed by atoms with van der Waals surface area (Å²) in [5.41, 5.74) is 6.48. The van der Waals surface area contributed by atoms with E-state index in [0.717, 1.165) is 39.3 Å². The molecule has 1 aliphatic heterocycles. The Bertz CT molecular complexity index is 1440. The van der Waals surface area contributed by atoms with Crippen molar-refractivity contribution in [3.8, 4) is 16.9 Å². The van der Waals surface area contributed by atoms with E-state index in [1.807, 2.05) is 96.7 Å². The number of aryl methyl sites for hydroxylation is 1. The fourth-order valence-electron chi connectivity index (χ4n) is 4.65. The second-order valence-electron chi connectivity index (χ2n) is 9.20. The lowest BCUT2D eigenvalue weighted by Gasteiger charge is -2.22. The predicted molar refractivity (Wildman–Crippen MR) is 142 cm³/mol. The lowest BCUT2D eigenvalue weighted by Crippen LogP contribution is -2.27. The number of hydrazone groups is 1. The smallest absolute Gasteiger partial charge is 0.303 e. The highest BCUT2D eigenvalue weighted by atomic mass is 16.4. The van der Waals surface area contributed by atoms with E-state index >= 15 is 0 Å². The molecule has 37 heavy (non-hydrogen) atoms. The Kier molecular flexibility index (Phi) is 6.94. The van der Waals surface area contributed by atoms with Crippen molar-refractivity contribution in [3.63, 3.8) is 0 Å². The summed E-state index contributed by atoms with van der Waals surface area (Å²) in [5.74, 6) is -1.11. The van der Waals surface area contributed by atoms with Gasteiger partial charge < -0.3 is 5.11 Å². The Hall–Kier alpha value is -4.52. The average Bonchev–Trinajstić information content (AvgIpc) is 3.55. The molecule has 0 bridgehead atoms. The van der Waals surface area contributed by atoms with Gasteiger partial charge in [-0.2, -0.15) is 10.2 Å². The zero-order valence-corrected chi connectivity index (χ0v) is 20.6. The van der Waals surface area contributed by atoms with Crippen molar-refractivity contribution in [2.45, 2.75) is 38.6 Å². The minimum absolute atomic E-state index is 0.0557. The standard InChI is InChI=1S/C30H28N4O3/c1-21-10-8-13-23(18-21)26-19-27(34(31-26)28(35)16-9-17-29(36)37)25-20-33(24-14-6-3-7-15-24)32-30(25)22-11-4-2-5-12-22/h2-8,10-15,18,20,27H,9,16-17,19H2,1H3,(H,36,37)/t27-/m0/s1. The first-order valence-electron chi connectivity index (χ1n) is 12.4. The third-order valence-corrected chi connectivity index (χ3v) is 6.47. The molecule has 0 unspecified atom stereocenters. The van der Waals surface area contributed by atoms with E-state index in [-0.39, 0.29) is 31.2 Å². The van der Waals surface area contributed by atoms with Crippen LogP contribution in [0.25, 0.3) is 16.9 Å². The van der Waals surface area contributed by atoms with Crippen molar-refractivity contribution in [3.05, 3.63) is 108 Å². The third-order valence-electron chi connectivity index (χ3n) is 6.47. The largest absolute Gasteiger partial charge is 0.481 e. The van der Waals surface area contributed by atoms with Gasteiger partial charge in [-0.1, -0.05) is 78.4 Å². The van der Waals surface area contributed by atoms with Gasteiger partial charge in [0.25, 0.3) is 0 Å². The summed E-state index contributed by atoms with van der Waals surface area (Å²) in [7, 11) is 0. The molecule has 1 aliphatic rings. The van der Waals surface area contributed by atoms with Gasteiger partial charge in [-0.15, -0.1) is 0 Å². The number of carbonyl (C=O) groups excluding carboxylic acids is 1. The highest BCUT2D eigenvalue weighted by Crippen LogP contribution is 2.38. The maximum absolute atomic E-state index is 13.4. The fourth-order valence-corrected chi connectivity index (χ4v) is 4.65. The van der Waals surface area contributed by atoms with Gasteiger partial charge in [-0.25, -0.2) is 9.69 Å². The van der Waals surface area contributed by atoms with Crippen LogP contribution in [0.4, 0.5) is 0 Å². The number of hydrogen-bond acceptors (Lipinski definition) is 4. The number of benzene rings is 3. The maximum atomic E-state index is 13.4. The average molecular weight is 493 g/mol. The van der Waals surface area contributed by atoms with E-state index in [9.17, 15) is 9.59 Å². The first kappa shape index (κ1) is 24.2. The summed E-state index contributed by atoms with van der Waals surface area (Å²) < 4.78 is 1.84. The van der Waals surface area contributed by atoms with Crippen LogP contribution in [0.5, 0.6) is 0 Å². The molecule has 1 atom stereocenters. The van der Waals surface area contributed by atoms with Gasteiger partial charge >= 0.3 is 5.97 Å². The Balaban J connectivity index is 1.57. The number of amides is 1. The van der Waals surface area contributed by atoms with Gasteiger partial charge in [0.2, 0.25) is 5.91 Å². The highest BCUT2D eigenvalue weighted by Gasteiger charge is 2.36. The summed E-state index contributed by atoms with van der Waals surface area (Å²) in [5, 5.41) is 20.3. The van der Waals surface area contributed by atoms with Crippen molar-refractivity contribution in [1.82, 2.24) is 14.8 Å². The van der Waals surface area contributed by atoms with Gasteiger partial charge in [-0.3, -0.25) is 9.59 Å². The van der Waals surface area contributed by atoms with Crippen molar-refractivity contribution in [2.24, 2.45) is 5.10 Å². The lowest BCUT2D eigenvalue weighted by atomic mass is 9.96. The second kappa shape index (κ2) is 10.6. The third kappa shape index (κ3) is 5.35. The molecule has 7 heteroatoms. The summed E-state index contributed by atoms with van der Waals surface area (Å²) in [4.78, 5) is 24.4. The Morgan fingerprint density at radius 3 is 2.32 bits per heavy atom. The summed E-state index contributed by atoms with van der Waals surface area (Å²) in [6, 6.07) is 27.5. The van der Waals surface area contributed by atoms with Crippen LogP contribution in [0.15, 0.2) is 96.2 Å². The van der Waals surface area contributed by atoms with Gasteiger partial charge in [0.15, 0.2) is 0 Å². The maximum Gasteiger partial charge on any atom is 0.303 e. The summed E-state index contributed by atoms with van der Waals surface area (Å²) in [6.07, 6.45) is 2.84. The lowest BCUT2D eigenvalue weighted by molar-refractivity contribution is -0.137. The number of carbonyl (C=O) groups is 2. The van der Waals surface area contributed by atoms with Crippen LogP contribution in [0, 0.1) is 6.92 Å². The second-order valence-corrected chi connectivity index (χ2v) is 9.20. The number of rotatable bonds is 8. The van der Waals surface area contributed by atoms with E-state index < -0.39 is 5.97 Å². The first-order chi connectivity index (χ1) is 18.0. The van der Waals surface area contributed by atoms with Crippen LogP contribution in [-0.4, -0.2) is 37.5 Å². The molecule has 1 aromatic heterocycles. The van der Waals surface area contributed by atoms with Crippen LogP contribution < -0.4 is 0 Å². The zero-order valence-electron chi connectivity index (χ0n) is 20.6. The van der Waals surface area contributed by atoms with E-state index in [1.165, 1.54) is 5.01 Å². The molecule has 1 N–H and O–H groups in total. The molecule has 1 amide bonds. The quantitative estimate of drug-likeness (QED) is 0.338. The molecule has 0 saturated heterocycles. The number of nitrogens with zero attached hydrogens (tertiary/aromatic N) is 4. The molecule has 5 rings (SSSR count). The van der Waals surface area contributed by atoms with Crippen LogP contribution in [0.3, 0.4) is 0 Å². The minimum atomic E-state index is -0.912. The van der Waals surface area contributed by atoms with E-state index in [0.29, 0.717) is 6.42 Å². The Morgan fingerprint density at radius 1 is 0.919 bits per heavy atom. The Morgan fingerprint density at radius 2 is 1.62 bits per heavy atom. The molecule has 0 spiro atoms. The number of aromatic nitrogens is 2. The monoisotopic (exact) mass is 492 g/mol. The SMILES string of the molecule is Cc1cccc(C2=NN(C(=O)CCCC(=O)O)[C@H](c3cn(-c4ccccc4)nc3-c3ccccc3)C2)c1. The Labute approximate surface area is 215 Å². The van der Waals surface area contributed by atoms with Crippen LogP contribution in [0.1, 0.15) is 48.4 Å². The van der Waals surface area contributed by atoms with Crippen molar-refractivity contribution >= 4 is 17.6 Å². The normalized spacial score (nSPS) is 15.0. The molecule has 186 valence electrons. The predicted octanol–water partition coefficient (Wildman–Crippen LogP) is 5.78. The molecular weight excluding hydrogens is 464 g/mol. The van der Waals surface area contributed by atoms with E-state index in [4.69, 9.17) is 15.3 Å². The molecule has 3 aromatic carbocycles. The van der Waals surface area contributed by atoms with Gasteiger partial charge in [0.1, 0.15) is 0 Å². The number of aliphatic carboxylic acids is 1. The van der Waals surface area contributed by atoms with Gasteiger partial charge in [0, 0.05) is 36.6 Å². The minimum Gasteiger partial charge on any atom is -0.481 e. The van der Waals surface area contributed by atoms with Crippen LogP contribution in [0.2, 0.25) is 0 Å². The molecular formula is C30H28N4O3. The summed E-state index contributed by atoms with van der Waals surface area (Å²) in [6.45, 7) is 2.03. The number of para-hydroxylation sites is 1. The molecule has 4 aromatic rings. The summed E-state index contributed by atoms with van der Waals surface area (Å²) >= 11 is 0. The number of hydrogen-bond donors (Lipinski definition) is 1. The number of carboxylic acid groups (broad SMARTS) is 1. The van der Waals surface area contributed by atoms with E-state index in [2.05, 4.69) is 6.07 Å². The highest BCUT2D eigenvalue weighted by molar-refractivity contribution is 6.03. The van der Waals surface area contributed by atoms with Crippen molar-refractivity contribution in [1.29, 1.82) is 0 Å². The van der Waals surface area contributed by atoms with Crippen molar-refractivity contribution < 1.29 is 14.7 Å². The molecule has 0 fully saturated rings. The van der Waals surface area contributed by atoms with Gasteiger partial charge in [-0.05, 0) is 31.0 Å². The zero-order chi connectivity index (χ0) is 25.8. The fraction of sp³-hybridized carbons (Fsp3) is 0.200. The van der Waals surface area contributed by atoms with Crippen molar-refractivity contribution in [2.75, 3.05) is 0 Å².